The summed E-state index contributed by atoms with van der Waals surface area (Å²) >= 11 is 5.97. The van der Waals surface area contributed by atoms with Crippen LogP contribution in [0.15, 0.2) is 48.5 Å². The first-order valence-electron chi connectivity index (χ1n) is 7.95. The Morgan fingerprint density at radius 2 is 2.08 bits per heavy atom. The third-order valence-electron chi connectivity index (χ3n) is 3.83. The van der Waals surface area contributed by atoms with Crippen molar-refractivity contribution in [1.29, 1.82) is 0 Å². The highest BCUT2D eigenvalue weighted by atomic mass is 35.5. The molecule has 3 rings (SSSR count). The Bertz CT molecular complexity index is 837. The van der Waals surface area contributed by atoms with E-state index in [0.29, 0.717) is 36.8 Å². The van der Waals surface area contributed by atoms with Crippen LogP contribution in [0.2, 0.25) is 5.02 Å². The maximum atomic E-state index is 11.2. The van der Waals surface area contributed by atoms with Crippen molar-refractivity contribution in [3.63, 3.8) is 0 Å². The molecule has 0 aliphatic carbocycles. The van der Waals surface area contributed by atoms with Gasteiger partial charge in [-0.05, 0) is 30.2 Å². The Morgan fingerprint density at radius 1 is 1.28 bits per heavy atom. The van der Waals surface area contributed by atoms with Gasteiger partial charge >= 0.3 is 0 Å². The monoisotopic (exact) mass is 358 g/mol. The summed E-state index contributed by atoms with van der Waals surface area (Å²) in [5, 5.41) is 1.88. The van der Waals surface area contributed by atoms with Gasteiger partial charge < -0.3 is 10.7 Å². The van der Waals surface area contributed by atoms with Gasteiger partial charge in [0.25, 0.3) is 0 Å². The molecule has 2 aromatic carbocycles. The minimum Gasteiger partial charge on any atom is -0.341 e. The second-order valence-electron chi connectivity index (χ2n) is 5.68. The molecule has 1 atom stereocenters. The quantitative estimate of drug-likeness (QED) is 0.478. The van der Waals surface area contributed by atoms with Gasteiger partial charge in [-0.3, -0.25) is 9.63 Å². The number of nitrogens with one attached hydrogen (secondary N) is 1. The predicted molar refractivity (Wildman–Crippen MR) is 96.7 cm³/mol. The molecule has 1 aromatic heterocycles. The number of nitrogens with two attached hydrogens (primary N) is 1. The molecule has 6 nitrogen and oxygen atoms in total. The van der Waals surface area contributed by atoms with Crippen LogP contribution < -0.4 is 5.73 Å². The Kier molecular flexibility index (Phi) is 5.65. The molecule has 130 valence electrons. The molecule has 0 saturated heterocycles. The maximum Gasteiger partial charge on any atom is 0.233 e. The number of aromatic amines is 1. The first-order valence-corrected chi connectivity index (χ1v) is 8.33. The van der Waals surface area contributed by atoms with Crippen LogP contribution in [0, 0.1) is 0 Å². The minimum absolute atomic E-state index is 0.331. The number of H-pyrrole nitrogens is 1. The van der Waals surface area contributed by atoms with Gasteiger partial charge in [0.1, 0.15) is 12.4 Å². The van der Waals surface area contributed by atoms with E-state index in [1.54, 1.807) is 12.1 Å². The molecular formula is C18H19ClN4O2. The van der Waals surface area contributed by atoms with Crippen LogP contribution in [0.5, 0.6) is 0 Å². The predicted octanol–water partition coefficient (Wildman–Crippen LogP) is 3.20. The van der Waals surface area contributed by atoms with Crippen molar-refractivity contribution in [2.75, 3.05) is 6.54 Å². The minimum atomic E-state index is -0.339. The zero-order chi connectivity index (χ0) is 17.6. The van der Waals surface area contributed by atoms with E-state index >= 15 is 0 Å². The second-order valence-corrected chi connectivity index (χ2v) is 6.12. The number of halogens is 1. The number of amides is 1. The van der Waals surface area contributed by atoms with Gasteiger partial charge in [0, 0.05) is 5.02 Å². The van der Waals surface area contributed by atoms with Crippen molar-refractivity contribution in [3.05, 3.63) is 64.9 Å². The molecule has 0 aliphatic rings. The van der Waals surface area contributed by atoms with Crippen LogP contribution in [0.25, 0.3) is 11.0 Å². The average Bonchev–Trinajstić information content (AvgIpc) is 3.05. The van der Waals surface area contributed by atoms with Crippen molar-refractivity contribution in [3.8, 4) is 0 Å². The number of hydroxylamine groups is 2. The molecular weight excluding hydrogens is 340 g/mol. The number of nitrogens with zero attached hydrogens (tertiary/aromatic N) is 2. The van der Waals surface area contributed by atoms with Crippen molar-refractivity contribution in [1.82, 2.24) is 15.0 Å². The van der Waals surface area contributed by atoms with Crippen LogP contribution >= 0.6 is 11.6 Å². The number of rotatable bonds is 8. The SMILES string of the molecule is N[C@@H](CCN(C=O)OCc1ccccc1)c1nc2cc(Cl)ccc2[nH]1. The number of hydrogen-bond donors (Lipinski definition) is 2. The molecule has 3 N–H and O–H groups in total. The Balaban J connectivity index is 1.55. The van der Waals surface area contributed by atoms with Gasteiger partial charge in [-0.1, -0.05) is 41.9 Å². The molecule has 0 saturated carbocycles. The van der Waals surface area contributed by atoms with E-state index in [2.05, 4.69) is 9.97 Å². The van der Waals surface area contributed by atoms with E-state index < -0.39 is 0 Å². The van der Waals surface area contributed by atoms with Crippen LogP contribution in [0.3, 0.4) is 0 Å². The molecule has 1 amide bonds. The summed E-state index contributed by atoms with van der Waals surface area (Å²) in [5.41, 5.74) is 8.82. The summed E-state index contributed by atoms with van der Waals surface area (Å²) in [6.07, 6.45) is 1.18. The molecule has 0 spiro atoms. The van der Waals surface area contributed by atoms with Crippen LogP contribution in [0.4, 0.5) is 0 Å². The van der Waals surface area contributed by atoms with Crippen molar-refractivity contribution in [2.45, 2.75) is 19.1 Å². The first kappa shape index (κ1) is 17.4. The molecule has 0 bridgehead atoms. The highest BCUT2D eigenvalue weighted by Gasteiger charge is 2.14. The fourth-order valence-corrected chi connectivity index (χ4v) is 2.62. The molecule has 1 heterocycles. The Morgan fingerprint density at radius 3 is 2.84 bits per heavy atom. The summed E-state index contributed by atoms with van der Waals surface area (Å²) in [5.74, 6) is 0.658. The lowest BCUT2D eigenvalue weighted by atomic mass is 10.2. The summed E-state index contributed by atoms with van der Waals surface area (Å²) in [4.78, 5) is 24.3. The molecule has 0 aliphatic heterocycles. The fraction of sp³-hybridized carbons (Fsp3) is 0.222. The first-order chi connectivity index (χ1) is 12.2. The van der Waals surface area contributed by atoms with Crippen LogP contribution in [-0.2, 0) is 16.2 Å². The third-order valence-corrected chi connectivity index (χ3v) is 4.07. The van der Waals surface area contributed by atoms with Crippen molar-refractivity contribution < 1.29 is 9.63 Å². The number of carbonyl (C=O) groups excluding carboxylic acids is 1. The van der Waals surface area contributed by atoms with Gasteiger partial charge in [0.05, 0.1) is 23.6 Å². The third kappa shape index (κ3) is 4.57. The van der Waals surface area contributed by atoms with E-state index in [-0.39, 0.29) is 6.04 Å². The van der Waals surface area contributed by atoms with E-state index in [1.807, 2.05) is 36.4 Å². The molecule has 3 aromatic rings. The van der Waals surface area contributed by atoms with Gasteiger partial charge in [-0.25, -0.2) is 10.0 Å². The number of aromatic nitrogens is 2. The second kappa shape index (κ2) is 8.11. The summed E-state index contributed by atoms with van der Waals surface area (Å²) in [6.45, 7) is 0.702. The Hall–Kier alpha value is -2.41. The molecule has 0 radical (unpaired) electrons. The molecule has 7 heteroatoms. The molecule has 0 unspecified atom stereocenters. The number of benzene rings is 2. The van der Waals surface area contributed by atoms with Gasteiger partial charge in [-0.15, -0.1) is 0 Å². The lowest BCUT2D eigenvalue weighted by Crippen LogP contribution is -2.27. The molecule has 25 heavy (non-hydrogen) atoms. The maximum absolute atomic E-state index is 11.2. The van der Waals surface area contributed by atoms with Gasteiger partial charge in [0.2, 0.25) is 6.41 Å². The zero-order valence-corrected chi connectivity index (χ0v) is 14.3. The Labute approximate surface area is 150 Å². The lowest BCUT2D eigenvalue weighted by molar-refractivity contribution is -0.177. The molecule has 0 fully saturated rings. The standard InChI is InChI=1S/C18H19ClN4O2/c19-14-6-7-16-17(10-14)22-18(21-16)15(20)8-9-23(12-24)25-11-13-4-2-1-3-5-13/h1-7,10,12,15H,8-9,11,20H2,(H,21,22)/t15-/m0/s1. The van der Waals surface area contributed by atoms with Gasteiger partial charge in [0.15, 0.2) is 0 Å². The fourth-order valence-electron chi connectivity index (χ4n) is 2.46. The van der Waals surface area contributed by atoms with Gasteiger partial charge in [-0.2, -0.15) is 0 Å². The van der Waals surface area contributed by atoms with Crippen LogP contribution in [0.1, 0.15) is 23.9 Å². The average molecular weight is 359 g/mol. The number of fused-ring (bicyclic) bond motifs is 1. The van der Waals surface area contributed by atoms with Crippen molar-refractivity contribution >= 4 is 29.0 Å². The largest absolute Gasteiger partial charge is 0.341 e. The number of hydrogen-bond acceptors (Lipinski definition) is 4. The van der Waals surface area contributed by atoms with E-state index in [9.17, 15) is 4.79 Å². The highest BCUT2D eigenvalue weighted by Crippen LogP contribution is 2.20. The van der Waals surface area contributed by atoms with Crippen LogP contribution in [-0.4, -0.2) is 28.0 Å². The normalized spacial score (nSPS) is 12.2. The summed E-state index contributed by atoms with van der Waals surface area (Å²) in [6, 6.07) is 14.8. The smallest absolute Gasteiger partial charge is 0.233 e. The zero-order valence-electron chi connectivity index (χ0n) is 13.6. The number of imidazole rings is 1. The topological polar surface area (TPSA) is 84.2 Å². The van der Waals surface area contributed by atoms with E-state index in [0.717, 1.165) is 16.6 Å². The highest BCUT2D eigenvalue weighted by molar-refractivity contribution is 6.31. The number of carbonyl (C=O) groups is 1. The summed E-state index contributed by atoms with van der Waals surface area (Å²) in [7, 11) is 0. The van der Waals surface area contributed by atoms with Crippen molar-refractivity contribution in [2.24, 2.45) is 5.73 Å². The van der Waals surface area contributed by atoms with E-state index in [4.69, 9.17) is 22.2 Å². The summed E-state index contributed by atoms with van der Waals surface area (Å²) < 4.78 is 0. The lowest BCUT2D eigenvalue weighted by Gasteiger charge is -2.18. The van der Waals surface area contributed by atoms with E-state index in [1.165, 1.54) is 5.06 Å².